The Labute approximate surface area is 218 Å². The summed E-state index contributed by atoms with van der Waals surface area (Å²) >= 11 is 0. The summed E-state index contributed by atoms with van der Waals surface area (Å²) in [6.45, 7) is 2.52. The molecule has 0 bridgehead atoms. The minimum absolute atomic E-state index is 0.238. The molecule has 0 aromatic heterocycles. The van der Waals surface area contributed by atoms with Gasteiger partial charge in [-0.1, -0.05) is 119 Å². The predicted molar refractivity (Wildman–Crippen MR) is 152 cm³/mol. The van der Waals surface area contributed by atoms with Crippen LogP contribution in [0, 0.1) is 0 Å². The van der Waals surface area contributed by atoms with Crippen molar-refractivity contribution in [2.45, 2.75) is 76.0 Å². The minimum Gasteiger partial charge on any atom is -0.301 e. The molecule has 196 valence electrons. The molecule has 0 aliphatic rings. The molecular weight excluding hydrogens is 468 g/mol. The Kier molecular flexibility index (Phi) is 15.1. The Balaban J connectivity index is 0.000000278. The summed E-state index contributed by atoms with van der Waals surface area (Å²) in [5.74, 6) is 0. The molecule has 0 aliphatic carbocycles. The van der Waals surface area contributed by atoms with Crippen LogP contribution in [0.15, 0.2) is 95.9 Å². The first-order chi connectivity index (χ1) is 17.6. The molecule has 3 aromatic carbocycles. The highest BCUT2D eigenvalue weighted by molar-refractivity contribution is 7.86. The first-order valence-electron chi connectivity index (χ1n) is 13.2. The zero-order valence-electron chi connectivity index (χ0n) is 21.6. The molecule has 5 nitrogen and oxygen atoms in total. The third-order valence-corrected chi connectivity index (χ3v) is 6.99. The highest BCUT2D eigenvalue weighted by atomic mass is 32.2. The van der Waals surface area contributed by atoms with Gasteiger partial charge in [0.05, 0.1) is 22.9 Å². The molecule has 0 radical (unpaired) electrons. The Bertz CT molecular complexity index is 974. The van der Waals surface area contributed by atoms with E-state index < -0.39 is 10.1 Å². The zero-order chi connectivity index (χ0) is 25.7. The maximum absolute atomic E-state index is 11.9. The van der Waals surface area contributed by atoms with Crippen molar-refractivity contribution < 1.29 is 12.6 Å². The molecule has 0 spiro atoms. The van der Waals surface area contributed by atoms with Crippen LogP contribution in [0.25, 0.3) is 0 Å². The maximum Gasteiger partial charge on any atom is 0.296 e. The van der Waals surface area contributed by atoms with E-state index in [0.717, 1.165) is 24.2 Å². The van der Waals surface area contributed by atoms with Crippen molar-refractivity contribution in [2.75, 3.05) is 17.5 Å². The largest absolute Gasteiger partial charge is 0.301 e. The number of anilines is 2. The predicted octanol–water partition coefficient (Wildman–Crippen LogP) is 8.44. The van der Waals surface area contributed by atoms with Gasteiger partial charge in [-0.05, 0) is 42.8 Å². The van der Waals surface area contributed by atoms with Crippen molar-refractivity contribution in [1.29, 1.82) is 0 Å². The van der Waals surface area contributed by atoms with Gasteiger partial charge in [0.25, 0.3) is 10.1 Å². The molecule has 3 rings (SSSR count). The second-order valence-electron chi connectivity index (χ2n) is 8.75. The van der Waals surface area contributed by atoms with Gasteiger partial charge in [-0.25, -0.2) is 0 Å². The maximum atomic E-state index is 11.9. The lowest BCUT2D eigenvalue weighted by atomic mass is 10.1. The lowest BCUT2D eigenvalue weighted by Crippen LogP contribution is -2.07. The summed E-state index contributed by atoms with van der Waals surface area (Å²) in [5, 5.41) is 0. The van der Waals surface area contributed by atoms with Crippen molar-refractivity contribution in [3.8, 4) is 0 Å². The Morgan fingerprint density at radius 1 is 0.556 bits per heavy atom. The Hall–Kier alpha value is -2.83. The number of benzene rings is 3. The van der Waals surface area contributed by atoms with Gasteiger partial charge >= 0.3 is 0 Å². The molecule has 0 aliphatic heterocycles. The number of rotatable bonds is 16. The summed E-state index contributed by atoms with van der Waals surface area (Å²) in [7, 11) is -3.57. The molecule has 2 N–H and O–H groups in total. The summed E-state index contributed by atoms with van der Waals surface area (Å²) in [5.41, 5.74) is 8.33. The van der Waals surface area contributed by atoms with Crippen LogP contribution < -0.4 is 10.9 Å². The van der Waals surface area contributed by atoms with Crippen LogP contribution in [-0.4, -0.2) is 15.0 Å². The average Bonchev–Trinajstić information content (AvgIpc) is 2.92. The van der Waals surface area contributed by atoms with Crippen molar-refractivity contribution in [3.63, 3.8) is 0 Å². The molecular formula is C30H42N2O3S. The van der Waals surface area contributed by atoms with Gasteiger partial charge in [-0.3, -0.25) is 4.18 Å². The summed E-state index contributed by atoms with van der Waals surface area (Å²) < 4.78 is 28.8. The van der Waals surface area contributed by atoms with Crippen molar-refractivity contribution in [3.05, 3.63) is 91.0 Å². The van der Waals surface area contributed by atoms with E-state index in [1.54, 1.807) is 30.3 Å². The first kappa shape index (κ1) is 29.4. The van der Waals surface area contributed by atoms with E-state index in [1.807, 2.05) is 60.7 Å². The molecule has 0 fully saturated rings. The van der Waals surface area contributed by atoms with Gasteiger partial charge in [0.15, 0.2) is 0 Å². The second-order valence-corrected chi connectivity index (χ2v) is 10.4. The quantitative estimate of drug-likeness (QED) is 0.115. The molecule has 0 saturated heterocycles. The van der Waals surface area contributed by atoms with Gasteiger partial charge in [0.2, 0.25) is 0 Å². The number of hydrogen-bond donors (Lipinski definition) is 2. The molecule has 3 aromatic rings. The van der Waals surface area contributed by atoms with Crippen molar-refractivity contribution in [1.82, 2.24) is 0 Å². The summed E-state index contributed by atoms with van der Waals surface area (Å²) in [6.07, 6.45) is 12.3. The highest BCUT2D eigenvalue weighted by Gasteiger charge is 2.13. The monoisotopic (exact) mass is 510 g/mol. The third kappa shape index (κ3) is 13.3. The lowest BCUT2D eigenvalue weighted by molar-refractivity contribution is 0.306. The fraction of sp³-hybridized carbons (Fsp3) is 0.400. The van der Waals surface area contributed by atoms with Crippen LogP contribution in [0.5, 0.6) is 0 Å². The number of hydrazine groups is 1. The van der Waals surface area contributed by atoms with Crippen LogP contribution in [0.1, 0.15) is 71.1 Å². The third-order valence-electron chi connectivity index (χ3n) is 5.67. The Morgan fingerprint density at radius 3 is 1.39 bits per heavy atom. The van der Waals surface area contributed by atoms with E-state index in [0.29, 0.717) is 0 Å². The van der Waals surface area contributed by atoms with E-state index in [1.165, 1.54) is 51.4 Å². The number of para-hydroxylation sites is 2. The van der Waals surface area contributed by atoms with Crippen LogP contribution in [-0.2, 0) is 14.3 Å². The van der Waals surface area contributed by atoms with E-state index in [9.17, 15) is 8.42 Å². The molecule has 0 unspecified atom stereocenters. The summed E-state index contributed by atoms with van der Waals surface area (Å²) in [6, 6.07) is 28.3. The number of nitrogens with one attached hydrogen (secondary N) is 2. The SMILES string of the molecule is CCCCCCCCCCCCOS(=O)(=O)c1ccccc1.c1ccc(NNc2ccccc2)cc1. The van der Waals surface area contributed by atoms with Gasteiger partial charge in [0, 0.05) is 0 Å². The average molecular weight is 511 g/mol. The molecule has 0 atom stereocenters. The minimum atomic E-state index is -3.57. The normalized spacial score (nSPS) is 10.8. The number of unbranched alkanes of at least 4 members (excludes halogenated alkanes) is 9. The smallest absolute Gasteiger partial charge is 0.296 e. The first-order valence-corrected chi connectivity index (χ1v) is 14.6. The van der Waals surface area contributed by atoms with E-state index in [4.69, 9.17) is 4.18 Å². The standard InChI is InChI=1S/C18H30O3S.C12H12N2/c1-2-3-4-5-6-7-8-9-10-14-17-21-22(19,20)18-15-12-11-13-16-18;1-3-7-11(8-4-1)13-14-12-9-5-2-6-10-12/h11-13,15-16H,2-10,14,17H2,1H3;1-10,13-14H. The lowest BCUT2D eigenvalue weighted by Gasteiger charge is -2.08. The van der Waals surface area contributed by atoms with Crippen LogP contribution >= 0.6 is 0 Å². The fourth-order valence-electron chi connectivity index (χ4n) is 3.60. The highest BCUT2D eigenvalue weighted by Crippen LogP contribution is 2.14. The zero-order valence-corrected chi connectivity index (χ0v) is 22.4. The second kappa shape index (κ2) is 18.4. The van der Waals surface area contributed by atoms with Crippen molar-refractivity contribution >= 4 is 21.5 Å². The molecule has 36 heavy (non-hydrogen) atoms. The van der Waals surface area contributed by atoms with E-state index in [2.05, 4.69) is 17.8 Å². The van der Waals surface area contributed by atoms with Gasteiger partial charge in [0.1, 0.15) is 0 Å². The molecule has 6 heteroatoms. The Morgan fingerprint density at radius 2 is 0.944 bits per heavy atom. The van der Waals surface area contributed by atoms with Crippen LogP contribution in [0.2, 0.25) is 0 Å². The van der Waals surface area contributed by atoms with Crippen LogP contribution in [0.4, 0.5) is 11.4 Å². The molecule has 0 saturated carbocycles. The van der Waals surface area contributed by atoms with Gasteiger partial charge in [-0.15, -0.1) is 0 Å². The fourth-order valence-corrected chi connectivity index (χ4v) is 4.56. The van der Waals surface area contributed by atoms with Gasteiger partial charge < -0.3 is 10.9 Å². The number of hydrogen-bond acceptors (Lipinski definition) is 5. The van der Waals surface area contributed by atoms with Crippen LogP contribution in [0.3, 0.4) is 0 Å². The topological polar surface area (TPSA) is 67.4 Å². The van der Waals surface area contributed by atoms with Gasteiger partial charge in [-0.2, -0.15) is 8.42 Å². The molecule has 0 heterocycles. The van der Waals surface area contributed by atoms with E-state index >= 15 is 0 Å². The van der Waals surface area contributed by atoms with E-state index in [-0.39, 0.29) is 11.5 Å². The molecule has 0 amide bonds. The summed E-state index contributed by atoms with van der Waals surface area (Å²) in [4.78, 5) is 0.238. The van der Waals surface area contributed by atoms with Crippen molar-refractivity contribution in [2.24, 2.45) is 0 Å².